The minimum atomic E-state index is -2.44. The van der Waals surface area contributed by atoms with Gasteiger partial charge in [0.2, 0.25) is 0 Å². The van der Waals surface area contributed by atoms with Gasteiger partial charge in [-0.3, -0.25) is 0 Å². The lowest BCUT2D eigenvalue weighted by Gasteiger charge is -1.95. The topological polar surface area (TPSA) is 0 Å². The predicted octanol–water partition coefficient (Wildman–Crippen LogP) is 4.97. The second kappa shape index (κ2) is 3.81. The highest BCUT2D eigenvalue weighted by molar-refractivity contribution is 9.14. The lowest BCUT2D eigenvalue weighted by atomic mass is 10.4. The lowest BCUT2D eigenvalue weighted by Crippen LogP contribution is -1.81. The summed E-state index contributed by atoms with van der Waals surface area (Å²) in [6.45, 7) is 0. The van der Waals surface area contributed by atoms with E-state index in [9.17, 15) is 8.78 Å². The fraction of sp³-hybridized carbons (Fsp3) is 0.200. The zero-order valence-corrected chi connectivity index (χ0v) is 10.4. The minimum absolute atomic E-state index is 0.0156. The van der Waals surface area contributed by atoms with E-state index in [4.69, 9.17) is 0 Å². The van der Waals surface area contributed by atoms with Crippen LogP contribution in [0.1, 0.15) is 12.0 Å². The maximum atomic E-state index is 12.2. The summed E-state index contributed by atoms with van der Waals surface area (Å²) in [6.07, 6.45) is -2.44. The van der Waals surface area contributed by atoms with Gasteiger partial charge in [0.25, 0.3) is 6.43 Å². The Morgan fingerprint density at radius 3 is 1.82 bits per heavy atom. The smallest absolute Gasteiger partial charge is 0.205 e. The van der Waals surface area contributed by atoms with Crippen LogP contribution in [0.5, 0.6) is 0 Å². The second-order valence-electron chi connectivity index (χ2n) is 1.68. The van der Waals surface area contributed by atoms with Gasteiger partial charge in [0.05, 0.1) is 17.6 Å². The molecule has 0 aliphatic rings. The van der Waals surface area contributed by atoms with E-state index >= 15 is 0 Å². The van der Waals surface area contributed by atoms with Crippen molar-refractivity contribution in [3.8, 4) is 0 Å². The van der Waals surface area contributed by atoms with Crippen LogP contribution in [-0.2, 0) is 0 Å². The first-order valence-corrected chi connectivity index (χ1v) is 5.65. The third kappa shape index (κ3) is 2.02. The van der Waals surface area contributed by atoms with E-state index in [0.29, 0.717) is 12.0 Å². The molecule has 0 fully saturated rings. The van der Waals surface area contributed by atoms with Gasteiger partial charge in [-0.1, -0.05) is 0 Å². The standard InChI is InChI=1S/C5HBr3F2S/c6-2-1(5(9)10)3(7)11-4(2)8/h5H. The first kappa shape index (κ1) is 10.1. The second-order valence-corrected chi connectivity index (χ2v) is 6.13. The van der Waals surface area contributed by atoms with Crippen LogP contribution in [0.15, 0.2) is 12.0 Å². The summed E-state index contributed by atoms with van der Waals surface area (Å²) in [5.41, 5.74) is 0.0156. The molecule has 0 aliphatic heterocycles. The number of thiophene rings is 1. The quantitative estimate of drug-likeness (QED) is 0.654. The summed E-state index contributed by atoms with van der Waals surface area (Å²) in [5, 5.41) is 0. The van der Waals surface area contributed by atoms with Crippen molar-refractivity contribution < 1.29 is 8.78 Å². The molecule has 0 bridgehead atoms. The van der Waals surface area contributed by atoms with Crippen molar-refractivity contribution in [2.75, 3.05) is 0 Å². The molecule has 0 N–H and O–H groups in total. The highest BCUT2D eigenvalue weighted by Gasteiger charge is 2.20. The van der Waals surface area contributed by atoms with Crippen LogP contribution in [-0.4, -0.2) is 0 Å². The molecule has 1 aromatic rings. The van der Waals surface area contributed by atoms with E-state index < -0.39 is 6.43 Å². The monoisotopic (exact) mass is 368 g/mol. The average Bonchev–Trinajstić information content (AvgIpc) is 2.07. The molecule has 6 heteroatoms. The number of halogens is 5. The molecule has 1 aromatic heterocycles. The van der Waals surface area contributed by atoms with E-state index in [0.717, 1.165) is 0 Å². The van der Waals surface area contributed by atoms with E-state index in [1.54, 1.807) is 0 Å². The molecule has 62 valence electrons. The van der Waals surface area contributed by atoms with Gasteiger partial charge in [0.15, 0.2) is 0 Å². The molecule has 0 aromatic carbocycles. The van der Waals surface area contributed by atoms with Crippen LogP contribution >= 0.6 is 59.1 Å². The fourth-order valence-electron chi connectivity index (χ4n) is 0.552. The van der Waals surface area contributed by atoms with Crippen LogP contribution in [0.4, 0.5) is 8.78 Å². The van der Waals surface area contributed by atoms with E-state index in [1.807, 2.05) is 0 Å². The van der Waals surface area contributed by atoms with Crippen molar-refractivity contribution in [2.45, 2.75) is 6.43 Å². The number of hydrogen-bond donors (Lipinski definition) is 0. The Hall–Kier alpha value is 1.000. The Kier molecular flexibility index (Phi) is 3.49. The molecule has 0 radical (unpaired) electrons. The summed E-state index contributed by atoms with van der Waals surface area (Å²) in [4.78, 5) is 0. The molecule has 0 spiro atoms. The first-order chi connectivity index (χ1) is 5.04. The Bertz CT molecular complexity index is 271. The maximum Gasteiger partial charge on any atom is 0.266 e. The number of rotatable bonds is 1. The Morgan fingerprint density at radius 2 is 1.64 bits per heavy atom. The maximum absolute atomic E-state index is 12.2. The van der Waals surface area contributed by atoms with Crippen LogP contribution in [0.2, 0.25) is 0 Å². The molecular weight excluding hydrogens is 370 g/mol. The van der Waals surface area contributed by atoms with E-state index in [2.05, 4.69) is 47.8 Å². The molecule has 0 unspecified atom stereocenters. The van der Waals surface area contributed by atoms with Gasteiger partial charge in [0.1, 0.15) is 0 Å². The molecule has 0 aliphatic carbocycles. The third-order valence-corrected chi connectivity index (χ3v) is 5.21. The van der Waals surface area contributed by atoms with Crippen molar-refractivity contribution in [1.82, 2.24) is 0 Å². The summed E-state index contributed by atoms with van der Waals surface area (Å²) in [5.74, 6) is 0. The Morgan fingerprint density at radius 1 is 1.09 bits per heavy atom. The third-order valence-electron chi connectivity index (χ3n) is 1.02. The molecule has 1 rings (SSSR count). The van der Waals surface area contributed by atoms with Gasteiger partial charge < -0.3 is 0 Å². The van der Waals surface area contributed by atoms with Crippen LogP contribution < -0.4 is 0 Å². The van der Waals surface area contributed by atoms with E-state index in [1.165, 1.54) is 11.3 Å². The summed E-state index contributed by atoms with van der Waals surface area (Å²) >= 11 is 10.5. The molecule has 0 amide bonds. The average molecular weight is 371 g/mol. The summed E-state index contributed by atoms with van der Waals surface area (Å²) < 4.78 is 26.0. The molecule has 0 nitrogen and oxygen atoms in total. The van der Waals surface area contributed by atoms with Crippen molar-refractivity contribution in [1.29, 1.82) is 0 Å². The van der Waals surface area contributed by atoms with Crippen LogP contribution in [0.25, 0.3) is 0 Å². The van der Waals surface area contributed by atoms with Gasteiger partial charge >= 0.3 is 0 Å². The highest BCUT2D eigenvalue weighted by Crippen LogP contribution is 2.44. The van der Waals surface area contributed by atoms with Gasteiger partial charge in [0, 0.05) is 0 Å². The molecule has 1 heterocycles. The molecule has 0 saturated carbocycles. The normalized spacial score (nSPS) is 11.1. The van der Waals surface area contributed by atoms with Gasteiger partial charge in [-0.15, -0.1) is 11.3 Å². The predicted molar refractivity (Wildman–Crippen MR) is 52.4 cm³/mol. The van der Waals surface area contributed by atoms with Crippen molar-refractivity contribution in [3.05, 3.63) is 17.6 Å². The van der Waals surface area contributed by atoms with Crippen molar-refractivity contribution in [2.24, 2.45) is 0 Å². The number of hydrogen-bond acceptors (Lipinski definition) is 1. The van der Waals surface area contributed by atoms with Crippen molar-refractivity contribution in [3.63, 3.8) is 0 Å². The first-order valence-electron chi connectivity index (χ1n) is 2.45. The fourth-order valence-corrected chi connectivity index (χ4v) is 4.43. The van der Waals surface area contributed by atoms with Gasteiger partial charge in [-0.05, 0) is 47.8 Å². The van der Waals surface area contributed by atoms with Crippen molar-refractivity contribution >= 4 is 59.1 Å². The van der Waals surface area contributed by atoms with Crippen LogP contribution in [0.3, 0.4) is 0 Å². The number of alkyl halides is 2. The molecule has 11 heavy (non-hydrogen) atoms. The Balaban J connectivity index is 3.22. The lowest BCUT2D eigenvalue weighted by molar-refractivity contribution is 0.150. The van der Waals surface area contributed by atoms with Crippen LogP contribution in [0, 0.1) is 0 Å². The molecule has 0 saturated heterocycles. The summed E-state index contributed by atoms with van der Waals surface area (Å²) in [7, 11) is 0. The minimum Gasteiger partial charge on any atom is -0.205 e. The van der Waals surface area contributed by atoms with Gasteiger partial charge in [-0.2, -0.15) is 0 Å². The Labute approximate surface area is 91.4 Å². The highest BCUT2D eigenvalue weighted by atomic mass is 79.9. The zero-order chi connectivity index (χ0) is 8.59. The van der Waals surface area contributed by atoms with E-state index in [-0.39, 0.29) is 5.56 Å². The summed E-state index contributed by atoms with van der Waals surface area (Å²) in [6, 6.07) is 0. The molecule has 0 atom stereocenters. The van der Waals surface area contributed by atoms with Gasteiger partial charge in [-0.25, -0.2) is 8.78 Å². The molecular formula is C5HBr3F2S. The SMILES string of the molecule is FC(F)c1c(Br)sc(Br)c1Br. The zero-order valence-electron chi connectivity index (χ0n) is 4.88. The largest absolute Gasteiger partial charge is 0.266 e.